The lowest BCUT2D eigenvalue weighted by atomic mass is 10.3. The lowest BCUT2D eigenvalue weighted by molar-refractivity contribution is 0.458. The van der Waals surface area contributed by atoms with Gasteiger partial charge in [-0.1, -0.05) is 29.8 Å². The predicted molar refractivity (Wildman–Crippen MR) is 101 cm³/mol. The molecule has 6 nitrogen and oxygen atoms in total. The largest absolute Gasteiger partial charge is 0.438 e. The van der Waals surface area contributed by atoms with Gasteiger partial charge in [0.05, 0.1) is 15.1 Å². The van der Waals surface area contributed by atoms with Crippen LogP contribution >= 0.6 is 27.5 Å². The van der Waals surface area contributed by atoms with Gasteiger partial charge in [-0.25, -0.2) is 13.4 Å². The Hall–Kier alpha value is -2.16. The van der Waals surface area contributed by atoms with Crippen LogP contribution in [0.15, 0.2) is 69.2 Å². The van der Waals surface area contributed by atoms with Gasteiger partial charge in [-0.15, -0.1) is 0 Å². The van der Waals surface area contributed by atoms with E-state index in [4.69, 9.17) is 16.3 Å². The Morgan fingerprint density at radius 2 is 1.92 bits per heavy atom. The van der Waals surface area contributed by atoms with Gasteiger partial charge in [-0.05, 0) is 34.1 Å². The molecule has 1 N–H and O–H groups in total. The molecule has 0 amide bonds. The molecule has 26 heavy (non-hydrogen) atoms. The number of nitrogens with one attached hydrogen (secondary N) is 1. The van der Waals surface area contributed by atoms with Gasteiger partial charge in [0.15, 0.2) is 9.84 Å². The summed E-state index contributed by atoms with van der Waals surface area (Å²) in [7, 11) is -3.79. The Kier molecular flexibility index (Phi) is 5.45. The number of nitrogens with zero attached hydrogens (tertiary/aromatic N) is 1. The molecule has 2 heterocycles. The highest BCUT2D eigenvalue weighted by atomic mass is 79.9. The molecule has 0 saturated heterocycles. The van der Waals surface area contributed by atoms with Crippen LogP contribution in [0.2, 0.25) is 5.02 Å². The number of sulfone groups is 1. The molecule has 2 aromatic heterocycles. The summed E-state index contributed by atoms with van der Waals surface area (Å²) < 4.78 is 31.2. The van der Waals surface area contributed by atoms with E-state index in [-0.39, 0.29) is 21.4 Å². The fourth-order valence-corrected chi connectivity index (χ4v) is 4.22. The van der Waals surface area contributed by atoms with Crippen LogP contribution in [0.25, 0.3) is 0 Å². The molecule has 0 saturated carbocycles. The summed E-state index contributed by atoms with van der Waals surface area (Å²) in [5, 5.41) is -0.0661. The number of halogens is 2. The quantitative estimate of drug-likeness (QED) is 0.629. The third kappa shape index (κ3) is 4.14. The molecular formula is C17H12BrClN2O4S. The topological polar surface area (TPSA) is 89.1 Å². The van der Waals surface area contributed by atoms with Gasteiger partial charge in [-0.3, -0.25) is 4.79 Å². The van der Waals surface area contributed by atoms with Gasteiger partial charge in [0.2, 0.25) is 11.3 Å². The average Bonchev–Trinajstić information content (AvgIpc) is 2.61. The maximum Gasteiger partial charge on any atom is 0.233 e. The lowest BCUT2D eigenvalue weighted by Gasteiger charge is -2.09. The summed E-state index contributed by atoms with van der Waals surface area (Å²) in [6.07, 6.45) is 3.81. The van der Waals surface area contributed by atoms with Gasteiger partial charge >= 0.3 is 0 Å². The van der Waals surface area contributed by atoms with Crippen LogP contribution in [-0.2, 0) is 15.6 Å². The van der Waals surface area contributed by atoms with Crippen LogP contribution in [0, 0.1) is 0 Å². The number of pyridine rings is 2. The number of benzene rings is 1. The minimum absolute atomic E-state index is 0.0378. The highest BCUT2D eigenvalue weighted by Crippen LogP contribution is 2.29. The summed E-state index contributed by atoms with van der Waals surface area (Å²) >= 11 is 9.00. The molecule has 0 unspecified atom stereocenters. The van der Waals surface area contributed by atoms with Crippen LogP contribution in [0.3, 0.4) is 0 Å². The number of hydrogen-bond donors (Lipinski definition) is 1. The average molecular weight is 456 g/mol. The first kappa shape index (κ1) is 18.6. The Bertz CT molecular complexity index is 1100. The summed E-state index contributed by atoms with van der Waals surface area (Å²) in [4.78, 5) is 18.6. The van der Waals surface area contributed by atoms with Crippen molar-refractivity contribution in [2.24, 2.45) is 0 Å². The number of hydrogen-bond acceptors (Lipinski definition) is 5. The maximum atomic E-state index is 12.6. The Morgan fingerprint density at radius 1 is 1.19 bits per heavy atom. The van der Waals surface area contributed by atoms with E-state index < -0.39 is 21.0 Å². The zero-order chi connectivity index (χ0) is 18.7. The molecule has 0 fully saturated rings. The van der Waals surface area contributed by atoms with Crippen LogP contribution in [0.1, 0.15) is 5.56 Å². The number of aromatic nitrogens is 2. The molecular weight excluding hydrogens is 444 g/mol. The standard InChI is InChI=1S/C17H12BrClN2O4S/c18-14-6-13(8-21-17(14)25-12-4-2-1-3-5-12)26(23,24)10-11-7-20-9-15(19)16(11)22/h1-9H,10H2,(H,20,22). The molecule has 0 bridgehead atoms. The van der Waals surface area contributed by atoms with Gasteiger partial charge in [0.1, 0.15) is 10.8 Å². The first-order valence-electron chi connectivity index (χ1n) is 7.33. The van der Waals surface area contributed by atoms with E-state index in [0.29, 0.717) is 10.2 Å². The van der Waals surface area contributed by atoms with Gasteiger partial charge < -0.3 is 9.72 Å². The Morgan fingerprint density at radius 3 is 2.62 bits per heavy atom. The fourth-order valence-electron chi connectivity index (χ4n) is 2.15. The van der Waals surface area contributed by atoms with Gasteiger partial charge in [-0.2, -0.15) is 0 Å². The Labute approximate surface area is 162 Å². The van der Waals surface area contributed by atoms with Crippen molar-refractivity contribution in [3.05, 3.63) is 80.3 Å². The molecule has 0 aliphatic rings. The summed E-state index contributed by atoms with van der Waals surface area (Å²) in [6.45, 7) is 0. The highest BCUT2D eigenvalue weighted by Gasteiger charge is 2.20. The second-order valence-electron chi connectivity index (χ2n) is 5.29. The molecule has 0 radical (unpaired) electrons. The molecule has 9 heteroatoms. The second kappa shape index (κ2) is 7.61. The van der Waals surface area contributed by atoms with Crippen molar-refractivity contribution in [3.63, 3.8) is 0 Å². The highest BCUT2D eigenvalue weighted by molar-refractivity contribution is 9.10. The molecule has 1 aromatic carbocycles. The zero-order valence-electron chi connectivity index (χ0n) is 13.1. The molecule has 0 spiro atoms. The van der Waals surface area contributed by atoms with Crippen molar-refractivity contribution in [1.82, 2.24) is 9.97 Å². The maximum absolute atomic E-state index is 12.6. The van der Waals surface area contributed by atoms with E-state index in [9.17, 15) is 13.2 Å². The summed E-state index contributed by atoms with van der Waals surface area (Å²) in [5.41, 5.74) is -0.469. The number of rotatable bonds is 5. The minimum Gasteiger partial charge on any atom is -0.438 e. The predicted octanol–water partition coefficient (Wildman–Crippen LogP) is 3.95. The van der Waals surface area contributed by atoms with Crippen LogP contribution < -0.4 is 10.2 Å². The second-order valence-corrected chi connectivity index (χ2v) is 8.54. The number of aromatic amines is 1. The molecule has 134 valence electrons. The van der Waals surface area contributed by atoms with E-state index in [2.05, 4.69) is 25.9 Å². The van der Waals surface area contributed by atoms with E-state index >= 15 is 0 Å². The molecule has 3 rings (SSSR count). The Balaban J connectivity index is 1.88. The summed E-state index contributed by atoms with van der Waals surface area (Å²) in [6, 6.07) is 10.4. The van der Waals surface area contributed by atoms with Crippen molar-refractivity contribution in [1.29, 1.82) is 0 Å². The van der Waals surface area contributed by atoms with E-state index in [1.807, 2.05) is 18.2 Å². The molecule has 0 atom stereocenters. The first-order chi connectivity index (χ1) is 12.4. The lowest BCUT2D eigenvalue weighted by Crippen LogP contribution is -2.15. The SMILES string of the molecule is O=c1c(Cl)c[nH]cc1CS(=O)(=O)c1cnc(Oc2ccccc2)c(Br)c1. The fraction of sp³-hybridized carbons (Fsp3) is 0.0588. The minimum atomic E-state index is -3.79. The van der Waals surface area contributed by atoms with Crippen molar-refractivity contribution in [3.8, 4) is 11.6 Å². The van der Waals surface area contributed by atoms with E-state index in [1.54, 1.807) is 12.1 Å². The van der Waals surface area contributed by atoms with Crippen molar-refractivity contribution in [2.45, 2.75) is 10.6 Å². The third-order valence-corrected chi connectivity index (χ3v) is 5.90. The molecule has 0 aliphatic carbocycles. The summed E-state index contributed by atoms with van der Waals surface area (Å²) in [5.74, 6) is 0.313. The smallest absolute Gasteiger partial charge is 0.233 e. The number of H-pyrrole nitrogens is 1. The third-order valence-electron chi connectivity index (χ3n) is 3.42. The number of ether oxygens (including phenoxy) is 1. The zero-order valence-corrected chi connectivity index (χ0v) is 16.3. The van der Waals surface area contributed by atoms with Crippen molar-refractivity contribution >= 4 is 37.4 Å². The van der Waals surface area contributed by atoms with Crippen LogP contribution in [0.5, 0.6) is 11.6 Å². The van der Waals surface area contributed by atoms with E-state index in [0.717, 1.165) is 0 Å². The van der Waals surface area contributed by atoms with E-state index in [1.165, 1.54) is 24.7 Å². The van der Waals surface area contributed by atoms with Crippen LogP contribution in [0.4, 0.5) is 0 Å². The van der Waals surface area contributed by atoms with Gasteiger partial charge in [0.25, 0.3) is 0 Å². The molecule has 3 aromatic rings. The van der Waals surface area contributed by atoms with Crippen LogP contribution in [-0.4, -0.2) is 18.4 Å². The van der Waals surface area contributed by atoms with Crippen molar-refractivity contribution in [2.75, 3.05) is 0 Å². The van der Waals surface area contributed by atoms with Gasteiger partial charge in [0, 0.05) is 24.2 Å². The monoisotopic (exact) mass is 454 g/mol. The normalized spacial score (nSPS) is 11.3. The molecule has 0 aliphatic heterocycles. The first-order valence-corrected chi connectivity index (χ1v) is 10.2. The van der Waals surface area contributed by atoms with Crippen molar-refractivity contribution < 1.29 is 13.2 Å². The number of para-hydroxylation sites is 1.